The number of carboxylic acids is 2. The third-order valence-corrected chi connectivity index (χ3v) is 2.49. The number of carbonyl (C=O) groups excluding carboxylic acids is 1. The lowest BCUT2D eigenvalue weighted by atomic mass is 10.2. The molecule has 0 aromatic rings. The second-order valence-corrected chi connectivity index (χ2v) is 3.79. The van der Waals surface area contributed by atoms with E-state index < -0.39 is 23.9 Å². The Morgan fingerprint density at radius 3 is 2.38 bits per heavy atom. The average molecular weight is 230 g/mol. The highest BCUT2D eigenvalue weighted by Gasteiger charge is 2.37. The summed E-state index contributed by atoms with van der Waals surface area (Å²) < 4.78 is 0. The van der Waals surface area contributed by atoms with E-state index in [1.54, 1.807) is 0 Å². The highest BCUT2D eigenvalue weighted by molar-refractivity contribution is 5.86. The molecule has 1 aliphatic heterocycles. The van der Waals surface area contributed by atoms with Gasteiger partial charge in [-0.05, 0) is 6.42 Å². The van der Waals surface area contributed by atoms with Crippen molar-refractivity contribution in [1.82, 2.24) is 4.90 Å². The molecule has 7 nitrogen and oxygen atoms in total. The van der Waals surface area contributed by atoms with Crippen LogP contribution in [0.2, 0.25) is 0 Å². The van der Waals surface area contributed by atoms with Crippen molar-refractivity contribution in [2.45, 2.75) is 31.3 Å². The van der Waals surface area contributed by atoms with Crippen LogP contribution in [0.4, 0.5) is 0 Å². The molecule has 0 aliphatic carbocycles. The van der Waals surface area contributed by atoms with Crippen LogP contribution in [0.1, 0.15) is 19.3 Å². The summed E-state index contributed by atoms with van der Waals surface area (Å²) in [6.07, 6.45) is -0.267. The molecule has 1 fully saturated rings. The summed E-state index contributed by atoms with van der Waals surface area (Å²) >= 11 is 0. The number of hydrogen-bond donors (Lipinski definition) is 3. The molecule has 1 aliphatic rings. The zero-order chi connectivity index (χ0) is 12.3. The molecular weight excluding hydrogens is 216 g/mol. The molecule has 0 unspecified atom stereocenters. The fourth-order valence-electron chi connectivity index (χ4n) is 1.74. The van der Waals surface area contributed by atoms with E-state index in [9.17, 15) is 14.4 Å². The summed E-state index contributed by atoms with van der Waals surface area (Å²) in [4.78, 5) is 33.8. The molecule has 90 valence electrons. The normalized spacial score (nSPS) is 24.4. The van der Waals surface area contributed by atoms with Gasteiger partial charge in [0.15, 0.2) is 0 Å². The fourth-order valence-corrected chi connectivity index (χ4v) is 1.74. The molecule has 0 radical (unpaired) electrons. The molecular formula is C9H14N2O5. The van der Waals surface area contributed by atoms with Crippen molar-refractivity contribution in [3.05, 3.63) is 0 Å². The summed E-state index contributed by atoms with van der Waals surface area (Å²) in [5.41, 5.74) is 5.57. The molecule has 1 saturated heterocycles. The van der Waals surface area contributed by atoms with E-state index in [2.05, 4.69) is 0 Å². The van der Waals surface area contributed by atoms with Crippen molar-refractivity contribution in [3.8, 4) is 0 Å². The van der Waals surface area contributed by atoms with Gasteiger partial charge in [-0.25, -0.2) is 4.79 Å². The molecule has 1 heterocycles. The van der Waals surface area contributed by atoms with Gasteiger partial charge in [0.25, 0.3) is 0 Å². The van der Waals surface area contributed by atoms with Gasteiger partial charge in [0.05, 0.1) is 6.42 Å². The maximum atomic E-state index is 11.6. The number of amides is 1. The number of carbonyl (C=O) groups is 3. The molecule has 7 heteroatoms. The van der Waals surface area contributed by atoms with Crippen molar-refractivity contribution in [1.29, 1.82) is 0 Å². The van der Waals surface area contributed by atoms with E-state index in [4.69, 9.17) is 15.9 Å². The minimum atomic E-state index is -1.10. The Bertz CT molecular complexity index is 317. The first-order valence-corrected chi connectivity index (χ1v) is 4.91. The topological polar surface area (TPSA) is 121 Å². The maximum Gasteiger partial charge on any atom is 0.326 e. The molecule has 0 aromatic carbocycles. The molecule has 0 spiro atoms. The third kappa shape index (κ3) is 2.93. The number of carboxylic acid groups (broad SMARTS) is 2. The largest absolute Gasteiger partial charge is 0.481 e. The van der Waals surface area contributed by atoms with Crippen LogP contribution in [0.25, 0.3) is 0 Å². The van der Waals surface area contributed by atoms with Crippen molar-refractivity contribution in [2.75, 3.05) is 6.54 Å². The highest BCUT2D eigenvalue weighted by Crippen LogP contribution is 2.18. The number of nitrogens with two attached hydrogens (primary N) is 1. The van der Waals surface area contributed by atoms with Crippen LogP contribution < -0.4 is 5.73 Å². The molecule has 1 amide bonds. The second-order valence-electron chi connectivity index (χ2n) is 3.79. The van der Waals surface area contributed by atoms with Crippen LogP contribution in [-0.4, -0.2) is 51.6 Å². The van der Waals surface area contributed by atoms with Gasteiger partial charge in [-0.2, -0.15) is 0 Å². The number of hydrogen-bond acceptors (Lipinski definition) is 4. The predicted octanol–water partition coefficient (Wildman–Crippen LogP) is -1.14. The van der Waals surface area contributed by atoms with Crippen LogP contribution in [-0.2, 0) is 14.4 Å². The smallest absolute Gasteiger partial charge is 0.326 e. The lowest BCUT2D eigenvalue weighted by Gasteiger charge is -2.20. The van der Waals surface area contributed by atoms with E-state index >= 15 is 0 Å². The Morgan fingerprint density at radius 1 is 1.25 bits per heavy atom. The minimum Gasteiger partial charge on any atom is -0.481 e. The first-order valence-electron chi connectivity index (χ1n) is 4.91. The molecule has 0 bridgehead atoms. The zero-order valence-corrected chi connectivity index (χ0v) is 8.63. The summed E-state index contributed by atoms with van der Waals surface area (Å²) in [6, 6.07) is -1.27. The molecule has 2 atom stereocenters. The predicted molar refractivity (Wildman–Crippen MR) is 52.6 cm³/mol. The number of rotatable bonds is 4. The molecule has 0 saturated carbocycles. The molecule has 4 N–H and O–H groups in total. The van der Waals surface area contributed by atoms with Crippen molar-refractivity contribution >= 4 is 17.8 Å². The first-order chi connectivity index (χ1) is 7.41. The van der Waals surface area contributed by atoms with E-state index in [-0.39, 0.29) is 31.8 Å². The lowest BCUT2D eigenvalue weighted by Crippen LogP contribution is -2.40. The Balaban J connectivity index is 2.59. The van der Waals surface area contributed by atoms with Crippen molar-refractivity contribution < 1.29 is 24.6 Å². The van der Waals surface area contributed by atoms with Crippen LogP contribution in [0.5, 0.6) is 0 Å². The van der Waals surface area contributed by atoms with E-state index in [0.717, 1.165) is 4.90 Å². The second kappa shape index (κ2) is 4.93. The average Bonchev–Trinajstić information content (AvgIpc) is 2.56. The fraction of sp³-hybridized carbons (Fsp3) is 0.667. The van der Waals surface area contributed by atoms with Crippen molar-refractivity contribution in [2.24, 2.45) is 5.73 Å². The van der Waals surface area contributed by atoms with Gasteiger partial charge in [-0.1, -0.05) is 0 Å². The molecule has 0 aromatic heterocycles. The van der Waals surface area contributed by atoms with Gasteiger partial charge in [-0.3, -0.25) is 9.59 Å². The molecule has 1 rings (SSSR count). The summed E-state index contributed by atoms with van der Waals surface area (Å²) in [5, 5.41) is 17.3. The van der Waals surface area contributed by atoms with Gasteiger partial charge in [-0.15, -0.1) is 0 Å². The third-order valence-electron chi connectivity index (χ3n) is 2.49. The Hall–Kier alpha value is -1.63. The minimum absolute atomic E-state index is 0.176. The maximum absolute atomic E-state index is 11.6. The van der Waals surface area contributed by atoms with Crippen LogP contribution in [0.15, 0.2) is 0 Å². The van der Waals surface area contributed by atoms with E-state index in [1.807, 2.05) is 0 Å². The van der Waals surface area contributed by atoms with Crippen LogP contribution in [0.3, 0.4) is 0 Å². The SMILES string of the molecule is N[C@H]1C[C@@H](C(=O)O)N(C(=O)CCC(=O)O)C1. The highest BCUT2D eigenvalue weighted by atomic mass is 16.4. The summed E-state index contributed by atoms with van der Waals surface area (Å²) in [7, 11) is 0. The van der Waals surface area contributed by atoms with Gasteiger partial charge >= 0.3 is 11.9 Å². The molecule has 16 heavy (non-hydrogen) atoms. The van der Waals surface area contributed by atoms with Gasteiger partial charge in [0.1, 0.15) is 6.04 Å². The van der Waals surface area contributed by atoms with E-state index in [1.165, 1.54) is 0 Å². The van der Waals surface area contributed by atoms with Crippen LogP contribution in [0, 0.1) is 0 Å². The number of nitrogens with zero attached hydrogens (tertiary/aromatic N) is 1. The Morgan fingerprint density at radius 2 is 1.88 bits per heavy atom. The lowest BCUT2D eigenvalue weighted by molar-refractivity contribution is -0.148. The monoisotopic (exact) mass is 230 g/mol. The summed E-state index contributed by atoms with van der Waals surface area (Å²) in [5.74, 6) is -2.65. The Kier molecular flexibility index (Phi) is 3.83. The standard InChI is InChI=1S/C9H14N2O5/c10-5-3-6(9(15)16)11(4-5)7(12)1-2-8(13)14/h5-6H,1-4,10H2,(H,13,14)(H,15,16)/t5-,6-/m0/s1. The summed E-state index contributed by atoms with van der Waals surface area (Å²) in [6.45, 7) is 0.176. The van der Waals surface area contributed by atoms with Crippen molar-refractivity contribution in [3.63, 3.8) is 0 Å². The van der Waals surface area contributed by atoms with Gasteiger partial charge in [0, 0.05) is 19.0 Å². The van der Waals surface area contributed by atoms with Gasteiger partial charge in [0.2, 0.25) is 5.91 Å². The Labute approximate surface area is 91.8 Å². The van der Waals surface area contributed by atoms with E-state index in [0.29, 0.717) is 0 Å². The van der Waals surface area contributed by atoms with Gasteiger partial charge < -0.3 is 20.8 Å². The van der Waals surface area contributed by atoms with Crippen LogP contribution >= 0.6 is 0 Å². The quantitative estimate of drug-likeness (QED) is 0.561. The zero-order valence-electron chi connectivity index (χ0n) is 8.63. The number of likely N-dealkylation sites (tertiary alicyclic amines) is 1. The number of aliphatic carboxylic acids is 2. The first kappa shape index (κ1) is 12.4.